The molecule has 1 aliphatic rings. The molecule has 2 aromatic carbocycles. The van der Waals surface area contributed by atoms with Crippen molar-refractivity contribution in [3.8, 4) is 0 Å². The average molecular weight is 386 g/mol. The lowest BCUT2D eigenvalue weighted by molar-refractivity contribution is 0.0467. The maximum Gasteiger partial charge on any atom is 0.268 e. The van der Waals surface area contributed by atoms with Gasteiger partial charge in [0.25, 0.3) is 10.0 Å². The van der Waals surface area contributed by atoms with E-state index >= 15 is 0 Å². The average Bonchev–Trinajstić information content (AvgIpc) is 3.07. The Morgan fingerprint density at radius 2 is 1.70 bits per heavy atom. The third-order valence-electron chi connectivity index (χ3n) is 4.82. The SMILES string of the molecule is CC.CCOC1CCCc2c1n(S(=O)(=O)c1ccccc1)c1ccccc21. The standard InChI is InChI=1S/C20H21NO3S.C2H6/c1-2-24-19-14-8-12-17-16-11-6-7-13-18(16)21(20(17)19)25(22,23)15-9-4-3-5-10-15;1-2/h3-7,9-11,13,19H,2,8,12,14H2,1H3;1-2H3. The van der Waals surface area contributed by atoms with Gasteiger partial charge in [-0.05, 0) is 49.9 Å². The van der Waals surface area contributed by atoms with E-state index in [0.717, 1.165) is 41.4 Å². The molecule has 0 fully saturated rings. The van der Waals surface area contributed by atoms with Gasteiger partial charge in [-0.15, -0.1) is 0 Å². The number of rotatable bonds is 4. The Bertz CT molecular complexity index is 1010. The highest BCUT2D eigenvalue weighted by molar-refractivity contribution is 7.90. The van der Waals surface area contributed by atoms with Crippen LogP contribution in [0, 0.1) is 0 Å². The summed E-state index contributed by atoms with van der Waals surface area (Å²) >= 11 is 0. The minimum absolute atomic E-state index is 0.181. The van der Waals surface area contributed by atoms with Crippen molar-refractivity contribution in [1.29, 1.82) is 0 Å². The first-order valence-corrected chi connectivity index (χ1v) is 11.1. The number of benzene rings is 2. The molecule has 144 valence electrons. The molecule has 1 heterocycles. The first kappa shape index (κ1) is 19.6. The van der Waals surface area contributed by atoms with Crippen LogP contribution in [0.5, 0.6) is 0 Å². The van der Waals surface area contributed by atoms with Gasteiger partial charge in [-0.2, -0.15) is 0 Å². The highest BCUT2D eigenvalue weighted by Gasteiger charge is 2.33. The number of aromatic nitrogens is 1. The summed E-state index contributed by atoms with van der Waals surface area (Å²) in [5.41, 5.74) is 2.65. The lowest BCUT2D eigenvalue weighted by Gasteiger charge is -2.25. The fraction of sp³-hybridized carbons (Fsp3) is 0.364. The minimum Gasteiger partial charge on any atom is -0.372 e. The van der Waals surface area contributed by atoms with Crippen molar-refractivity contribution in [3.63, 3.8) is 0 Å². The number of hydrogen-bond donors (Lipinski definition) is 0. The van der Waals surface area contributed by atoms with Gasteiger partial charge in [0.2, 0.25) is 0 Å². The zero-order chi connectivity index (χ0) is 19.4. The van der Waals surface area contributed by atoms with E-state index in [9.17, 15) is 8.42 Å². The number of aryl methyl sites for hydroxylation is 1. The van der Waals surface area contributed by atoms with Crippen molar-refractivity contribution in [1.82, 2.24) is 3.97 Å². The number of para-hydroxylation sites is 1. The van der Waals surface area contributed by atoms with Crippen molar-refractivity contribution >= 4 is 20.9 Å². The van der Waals surface area contributed by atoms with Crippen LogP contribution in [0.1, 0.15) is 51.0 Å². The Hall–Kier alpha value is -2.11. The Morgan fingerprint density at radius 1 is 1.04 bits per heavy atom. The molecule has 1 unspecified atom stereocenters. The lowest BCUT2D eigenvalue weighted by atomic mass is 9.93. The van der Waals surface area contributed by atoms with Gasteiger partial charge >= 0.3 is 0 Å². The van der Waals surface area contributed by atoms with E-state index in [0.29, 0.717) is 11.5 Å². The van der Waals surface area contributed by atoms with Crippen LogP contribution in [-0.2, 0) is 21.2 Å². The van der Waals surface area contributed by atoms with E-state index in [2.05, 4.69) is 0 Å². The van der Waals surface area contributed by atoms with E-state index in [1.165, 1.54) is 3.97 Å². The van der Waals surface area contributed by atoms with Crippen LogP contribution in [0.25, 0.3) is 10.9 Å². The highest BCUT2D eigenvalue weighted by atomic mass is 32.2. The lowest BCUT2D eigenvalue weighted by Crippen LogP contribution is -2.22. The smallest absolute Gasteiger partial charge is 0.268 e. The van der Waals surface area contributed by atoms with Gasteiger partial charge in [0, 0.05) is 12.0 Å². The van der Waals surface area contributed by atoms with Crippen LogP contribution in [0.3, 0.4) is 0 Å². The van der Waals surface area contributed by atoms with Gasteiger partial charge in [0.1, 0.15) is 0 Å². The molecule has 0 saturated carbocycles. The molecule has 1 aromatic heterocycles. The molecule has 0 N–H and O–H groups in total. The van der Waals surface area contributed by atoms with Gasteiger partial charge in [-0.1, -0.05) is 50.2 Å². The number of hydrogen-bond acceptors (Lipinski definition) is 3. The minimum atomic E-state index is -3.68. The molecule has 0 saturated heterocycles. The summed E-state index contributed by atoms with van der Waals surface area (Å²) in [5.74, 6) is 0. The topological polar surface area (TPSA) is 48.3 Å². The quantitative estimate of drug-likeness (QED) is 0.611. The number of ether oxygens (including phenoxy) is 1. The van der Waals surface area contributed by atoms with Gasteiger partial charge in [0.05, 0.1) is 22.2 Å². The summed E-state index contributed by atoms with van der Waals surface area (Å²) in [6, 6.07) is 16.4. The number of fused-ring (bicyclic) bond motifs is 3. The third kappa shape index (κ3) is 3.42. The van der Waals surface area contributed by atoms with Gasteiger partial charge in [-0.3, -0.25) is 0 Å². The third-order valence-corrected chi connectivity index (χ3v) is 6.57. The molecule has 0 radical (unpaired) electrons. The van der Waals surface area contributed by atoms with Gasteiger partial charge < -0.3 is 4.74 Å². The van der Waals surface area contributed by atoms with Crippen molar-refractivity contribution in [2.45, 2.75) is 51.0 Å². The Morgan fingerprint density at radius 3 is 2.41 bits per heavy atom. The molecular formula is C22H27NO3S. The van der Waals surface area contributed by atoms with Gasteiger partial charge in [0.15, 0.2) is 0 Å². The molecule has 5 heteroatoms. The fourth-order valence-electron chi connectivity index (χ4n) is 3.81. The predicted octanol–water partition coefficient (Wildman–Crippen LogP) is 5.32. The summed E-state index contributed by atoms with van der Waals surface area (Å²) in [7, 11) is -3.68. The van der Waals surface area contributed by atoms with Crippen LogP contribution in [0.2, 0.25) is 0 Å². The van der Waals surface area contributed by atoms with E-state index in [-0.39, 0.29) is 6.10 Å². The summed E-state index contributed by atoms with van der Waals surface area (Å²) in [6.45, 7) is 6.52. The van der Waals surface area contributed by atoms with Crippen LogP contribution in [-0.4, -0.2) is 19.0 Å². The zero-order valence-electron chi connectivity index (χ0n) is 16.2. The van der Waals surface area contributed by atoms with E-state index in [1.54, 1.807) is 24.3 Å². The van der Waals surface area contributed by atoms with Crippen molar-refractivity contribution < 1.29 is 13.2 Å². The normalized spacial score (nSPS) is 16.5. The summed E-state index contributed by atoms with van der Waals surface area (Å²) in [6.07, 6.45) is 2.56. The predicted molar refractivity (Wildman–Crippen MR) is 110 cm³/mol. The Kier molecular flexibility index (Phi) is 6.02. The van der Waals surface area contributed by atoms with Crippen LogP contribution < -0.4 is 0 Å². The monoisotopic (exact) mass is 385 g/mol. The molecule has 0 spiro atoms. The van der Waals surface area contributed by atoms with Crippen molar-refractivity contribution in [2.75, 3.05) is 6.61 Å². The summed E-state index contributed by atoms with van der Waals surface area (Å²) < 4.78 is 34.3. The van der Waals surface area contributed by atoms with Gasteiger partial charge in [-0.25, -0.2) is 12.4 Å². The summed E-state index contributed by atoms with van der Waals surface area (Å²) in [5, 5.41) is 1.02. The number of nitrogens with zero attached hydrogens (tertiary/aromatic N) is 1. The summed E-state index contributed by atoms with van der Waals surface area (Å²) in [4.78, 5) is 0.305. The second-order valence-corrected chi connectivity index (χ2v) is 8.09. The molecule has 1 aliphatic carbocycles. The second kappa shape index (κ2) is 8.28. The Labute approximate surface area is 161 Å². The molecule has 0 aliphatic heterocycles. The van der Waals surface area contributed by atoms with Crippen LogP contribution in [0.4, 0.5) is 0 Å². The molecule has 0 amide bonds. The molecular weight excluding hydrogens is 358 g/mol. The zero-order valence-corrected chi connectivity index (χ0v) is 17.0. The molecule has 4 nitrogen and oxygen atoms in total. The van der Waals surface area contributed by atoms with Crippen LogP contribution in [0.15, 0.2) is 59.5 Å². The fourth-order valence-corrected chi connectivity index (χ4v) is 5.42. The second-order valence-electron chi connectivity index (χ2n) is 6.30. The first-order chi connectivity index (χ1) is 13.1. The Balaban J connectivity index is 0.00000102. The maximum absolute atomic E-state index is 13.4. The molecule has 4 rings (SSSR count). The molecule has 27 heavy (non-hydrogen) atoms. The largest absolute Gasteiger partial charge is 0.372 e. The highest BCUT2D eigenvalue weighted by Crippen LogP contribution is 2.40. The van der Waals surface area contributed by atoms with E-state index < -0.39 is 10.0 Å². The molecule has 3 aromatic rings. The van der Waals surface area contributed by atoms with E-state index in [4.69, 9.17) is 4.74 Å². The molecule has 1 atom stereocenters. The molecule has 0 bridgehead atoms. The first-order valence-electron chi connectivity index (χ1n) is 9.69. The van der Waals surface area contributed by atoms with Crippen molar-refractivity contribution in [3.05, 3.63) is 65.9 Å². The van der Waals surface area contributed by atoms with E-state index in [1.807, 2.05) is 51.1 Å². The van der Waals surface area contributed by atoms with Crippen LogP contribution >= 0.6 is 0 Å². The maximum atomic E-state index is 13.4. The van der Waals surface area contributed by atoms with Crippen molar-refractivity contribution in [2.24, 2.45) is 0 Å².